The number of hydrogen-bond donors (Lipinski definition) is 0. The summed E-state index contributed by atoms with van der Waals surface area (Å²) in [7, 11) is 0. The van der Waals surface area contributed by atoms with Gasteiger partial charge in [0.2, 0.25) is 0 Å². The molecule has 21 heavy (non-hydrogen) atoms. The summed E-state index contributed by atoms with van der Waals surface area (Å²) in [6.07, 6.45) is 1.06. The van der Waals surface area contributed by atoms with Gasteiger partial charge in [0.15, 0.2) is 5.69 Å². The standard InChI is InChI=1S/C15H18N4OS/c20-15(14-12-21-17-16-14)19-10-8-18(9-11-19)7-6-13-4-2-1-3-5-13/h1-5,12H,6-11H2. The maximum absolute atomic E-state index is 12.2. The van der Waals surface area contributed by atoms with Crippen molar-refractivity contribution in [1.82, 2.24) is 19.4 Å². The van der Waals surface area contributed by atoms with Crippen LogP contribution in [-0.2, 0) is 6.42 Å². The van der Waals surface area contributed by atoms with Crippen molar-refractivity contribution in [2.24, 2.45) is 0 Å². The lowest BCUT2D eigenvalue weighted by Gasteiger charge is -2.34. The minimum atomic E-state index is 0.00598. The smallest absolute Gasteiger partial charge is 0.275 e. The molecule has 2 heterocycles. The first-order valence-electron chi connectivity index (χ1n) is 7.15. The molecule has 0 radical (unpaired) electrons. The number of carbonyl (C=O) groups excluding carboxylic acids is 1. The number of nitrogens with zero attached hydrogens (tertiary/aromatic N) is 4. The van der Waals surface area contributed by atoms with Crippen LogP contribution in [0.1, 0.15) is 16.1 Å². The van der Waals surface area contributed by atoms with Crippen LogP contribution < -0.4 is 0 Å². The van der Waals surface area contributed by atoms with Crippen LogP contribution in [0.15, 0.2) is 35.7 Å². The van der Waals surface area contributed by atoms with E-state index >= 15 is 0 Å². The molecule has 1 aromatic heterocycles. The van der Waals surface area contributed by atoms with Gasteiger partial charge in [0.1, 0.15) is 0 Å². The Hall–Kier alpha value is -1.79. The molecule has 1 saturated heterocycles. The molecule has 0 aliphatic carbocycles. The topological polar surface area (TPSA) is 49.3 Å². The molecule has 1 amide bonds. The minimum absolute atomic E-state index is 0.00598. The third-order valence-electron chi connectivity index (χ3n) is 3.80. The van der Waals surface area contributed by atoms with Gasteiger partial charge in [-0.05, 0) is 23.5 Å². The predicted octanol–water partition coefficient (Wildman–Crippen LogP) is 1.54. The summed E-state index contributed by atoms with van der Waals surface area (Å²) >= 11 is 1.22. The number of piperazine rings is 1. The third kappa shape index (κ3) is 3.65. The molecular weight excluding hydrogens is 284 g/mol. The zero-order valence-electron chi connectivity index (χ0n) is 11.8. The molecule has 5 nitrogen and oxygen atoms in total. The maximum Gasteiger partial charge on any atom is 0.275 e. The van der Waals surface area contributed by atoms with E-state index in [1.807, 2.05) is 11.0 Å². The normalized spacial score (nSPS) is 16.1. The van der Waals surface area contributed by atoms with Gasteiger partial charge in [-0.15, -0.1) is 5.10 Å². The Bertz CT molecular complexity index is 565. The van der Waals surface area contributed by atoms with Crippen molar-refractivity contribution in [1.29, 1.82) is 0 Å². The molecule has 0 saturated carbocycles. The van der Waals surface area contributed by atoms with Crippen LogP contribution in [0, 0.1) is 0 Å². The van der Waals surface area contributed by atoms with Crippen LogP contribution >= 0.6 is 11.5 Å². The highest BCUT2D eigenvalue weighted by Gasteiger charge is 2.23. The molecule has 1 aliphatic rings. The summed E-state index contributed by atoms with van der Waals surface area (Å²) in [6.45, 7) is 4.44. The van der Waals surface area contributed by atoms with Gasteiger partial charge in [-0.1, -0.05) is 34.8 Å². The quantitative estimate of drug-likeness (QED) is 0.859. The Labute approximate surface area is 128 Å². The lowest BCUT2D eigenvalue weighted by molar-refractivity contribution is 0.0633. The number of rotatable bonds is 4. The van der Waals surface area contributed by atoms with Crippen LogP contribution in [0.2, 0.25) is 0 Å². The van der Waals surface area contributed by atoms with E-state index in [9.17, 15) is 4.79 Å². The van der Waals surface area contributed by atoms with Crippen LogP contribution in [-0.4, -0.2) is 58.0 Å². The predicted molar refractivity (Wildman–Crippen MR) is 82.4 cm³/mol. The Kier molecular flexibility index (Phi) is 4.57. The summed E-state index contributed by atoms with van der Waals surface area (Å²) in [6, 6.07) is 10.5. The monoisotopic (exact) mass is 302 g/mol. The van der Waals surface area contributed by atoms with Crippen molar-refractivity contribution < 1.29 is 4.79 Å². The number of benzene rings is 1. The van der Waals surface area contributed by atoms with Gasteiger partial charge >= 0.3 is 0 Å². The van der Waals surface area contributed by atoms with Crippen LogP contribution in [0.4, 0.5) is 0 Å². The molecule has 6 heteroatoms. The largest absolute Gasteiger partial charge is 0.335 e. The Morgan fingerprint density at radius 3 is 2.57 bits per heavy atom. The minimum Gasteiger partial charge on any atom is -0.335 e. The fourth-order valence-corrected chi connectivity index (χ4v) is 2.96. The first-order valence-corrected chi connectivity index (χ1v) is 7.99. The van der Waals surface area contributed by atoms with E-state index in [1.165, 1.54) is 17.1 Å². The molecule has 0 atom stereocenters. The number of aromatic nitrogens is 2. The fraction of sp³-hybridized carbons (Fsp3) is 0.400. The second kappa shape index (κ2) is 6.78. The molecule has 1 aromatic carbocycles. The molecule has 2 aromatic rings. The first kappa shape index (κ1) is 14.2. The third-order valence-corrected chi connectivity index (χ3v) is 4.30. The van der Waals surface area contributed by atoms with Crippen LogP contribution in [0.3, 0.4) is 0 Å². The lowest BCUT2D eigenvalue weighted by atomic mass is 10.1. The molecule has 1 aliphatic heterocycles. The maximum atomic E-state index is 12.2. The van der Waals surface area contributed by atoms with Crippen LogP contribution in [0.25, 0.3) is 0 Å². The SMILES string of the molecule is O=C(c1csnn1)N1CCN(CCc2ccccc2)CC1. The summed E-state index contributed by atoms with van der Waals surface area (Å²) in [4.78, 5) is 16.4. The van der Waals surface area contributed by atoms with Crippen molar-refractivity contribution in [3.8, 4) is 0 Å². The Morgan fingerprint density at radius 1 is 1.14 bits per heavy atom. The Morgan fingerprint density at radius 2 is 1.90 bits per heavy atom. The van der Waals surface area contributed by atoms with Gasteiger partial charge in [0.05, 0.1) is 0 Å². The molecule has 0 bridgehead atoms. The van der Waals surface area contributed by atoms with E-state index in [2.05, 4.69) is 38.8 Å². The van der Waals surface area contributed by atoms with E-state index < -0.39 is 0 Å². The van der Waals surface area contributed by atoms with Gasteiger partial charge in [-0.3, -0.25) is 9.69 Å². The second-order valence-corrected chi connectivity index (χ2v) is 5.77. The molecule has 3 rings (SSSR count). The van der Waals surface area contributed by atoms with E-state index in [-0.39, 0.29) is 5.91 Å². The molecule has 110 valence electrons. The average molecular weight is 302 g/mol. The first-order chi connectivity index (χ1) is 10.3. The fourth-order valence-electron chi connectivity index (χ4n) is 2.53. The summed E-state index contributed by atoms with van der Waals surface area (Å²) in [5, 5.41) is 5.56. The molecule has 1 fully saturated rings. The lowest BCUT2D eigenvalue weighted by Crippen LogP contribution is -2.49. The molecule has 0 N–H and O–H groups in total. The molecular formula is C15H18N4OS. The van der Waals surface area contributed by atoms with E-state index in [4.69, 9.17) is 0 Å². The van der Waals surface area contributed by atoms with E-state index in [0.29, 0.717) is 5.69 Å². The van der Waals surface area contributed by atoms with Crippen LogP contribution in [0.5, 0.6) is 0 Å². The molecule has 0 unspecified atom stereocenters. The van der Waals surface area contributed by atoms with Crippen molar-refractivity contribution in [3.05, 3.63) is 47.0 Å². The second-order valence-electron chi connectivity index (χ2n) is 5.16. The number of carbonyl (C=O) groups is 1. The number of hydrogen-bond acceptors (Lipinski definition) is 5. The highest BCUT2D eigenvalue weighted by molar-refractivity contribution is 7.03. The summed E-state index contributed by atoms with van der Waals surface area (Å²) in [5.41, 5.74) is 1.84. The van der Waals surface area contributed by atoms with Gasteiger partial charge in [-0.25, -0.2) is 0 Å². The van der Waals surface area contributed by atoms with Crippen molar-refractivity contribution >= 4 is 17.4 Å². The van der Waals surface area contributed by atoms with Gasteiger partial charge in [0.25, 0.3) is 5.91 Å². The van der Waals surface area contributed by atoms with Crippen molar-refractivity contribution in [2.75, 3.05) is 32.7 Å². The highest BCUT2D eigenvalue weighted by Crippen LogP contribution is 2.09. The highest BCUT2D eigenvalue weighted by atomic mass is 32.1. The van der Waals surface area contributed by atoms with Gasteiger partial charge in [-0.2, -0.15) is 0 Å². The zero-order valence-corrected chi connectivity index (χ0v) is 12.6. The zero-order chi connectivity index (χ0) is 14.5. The van der Waals surface area contributed by atoms with Crippen molar-refractivity contribution in [3.63, 3.8) is 0 Å². The molecule has 0 spiro atoms. The summed E-state index contributed by atoms with van der Waals surface area (Å²) < 4.78 is 3.75. The Balaban J connectivity index is 1.46. The van der Waals surface area contributed by atoms with Gasteiger partial charge < -0.3 is 4.90 Å². The van der Waals surface area contributed by atoms with Crippen molar-refractivity contribution in [2.45, 2.75) is 6.42 Å². The summed E-state index contributed by atoms with van der Waals surface area (Å²) in [5.74, 6) is 0.00598. The van der Waals surface area contributed by atoms with E-state index in [1.54, 1.807) is 5.38 Å². The van der Waals surface area contributed by atoms with E-state index in [0.717, 1.165) is 39.1 Å². The van der Waals surface area contributed by atoms with Gasteiger partial charge in [0, 0.05) is 38.1 Å². The average Bonchev–Trinajstić information content (AvgIpc) is 3.08. The number of amides is 1.